The fraction of sp³-hybridized carbons (Fsp3) is 0.429. The van der Waals surface area contributed by atoms with Gasteiger partial charge in [-0.05, 0) is 12.5 Å². The predicted molar refractivity (Wildman–Crippen MR) is 66.0 cm³/mol. The zero-order valence-electron chi connectivity index (χ0n) is 10.1. The van der Waals surface area contributed by atoms with Gasteiger partial charge >= 0.3 is 0 Å². The SMILES string of the molecule is C=CC(C)(C)[C@](C)(O)[C@H](O)c1ccccc1. The van der Waals surface area contributed by atoms with Gasteiger partial charge in [0.15, 0.2) is 0 Å². The molecule has 0 amide bonds. The molecule has 1 aromatic rings. The fourth-order valence-electron chi connectivity index (χ4n) is 1.52. The van der Waals surface area contributed by atoms with Gasteiger partial charge in [-0.1, -0.05) is 50.3 Å². The molecule has 0 saturated carbocycles. The van der Waals surface area contributed by atoms with E-state index in [4.69, 9.17) is 0 Å². The van der Waals surface area contributed by atoms with Crippen LogP contribution in [0.5, 0.6) is 0 Å². The molecule has 0 fully saturated rings. The minimum atomic E-state index is -1.25. The van der Waals surface area contributed by atoms with Gasteiger partial charge in [0, 0.05) is 5.41 Å². The van der Waals surface area contributed by atoms with Crippen LogP contribution >= 0.6 is 0 Å². The van der Waals surface area contributed by atoms with Crippen LogP contribution in [-0.4, -0.2) is 15.8 Å². The molecule has 0 aliphatic rings. The molecule has 0 radical (unpaired) electrons. The maximum atomic E-state index is 10.4. The van der Waals surface area contributed by atoms with E-state index in [2.05, 4.69) is 6.58 Å². The van der Waals surface area contributed by atoms with Crippen LogP contribution in [0.15, 0.2) is 43.0 Å². The first-order valence-corrected chi connectivity index (χ1v) is 5.42. The second-order valence-corrected chi connectivity index (χ2v) is 4.89. The van der Waals surface area contributed by atoms with Gasteiger partial charge in [-0.25, -0.2) is 0 Å². The Morgan fingerprint density at radius 3 is 2.12 bits per heavy atom. The lowest BCUT2D eigenvalue weighted by molar-refractivity contribution is -0.120. The molecule has 0 saturated heterocycles. The van der Waals surface area contributed by atoms with Gasteiger partial charge in [0.2, 0.25) is 0 Å². The van der Waals surface area contributed by atoms with Crippen LogP contribution in [0.25, 0.3) is 0 Å². The molecule has 2 atom stereocenters. The van der Waals surface area contributed by atoms with Crippen molar-refractivity contribution in [1.82, 2.24) is 0 Å². The highest BCUT2D eigenvalue weighted by Crippen LogP contribution is 2.40. The molecule has 88 valence electrons. The molecule has 0 unspecified atom stereocenters. The second kappa shape index (κ2) is 4.40. The number of aliphatic hydroxyl groups excluding tert-OH is 1. The third kappa shape index (κ3) is 2.18. The Morgan fingerprint density at radius 2 is 1.69 bits per heavy atom. The van der Waals surface area contributed by atoms with Gasteiger partial charge in [0.05, 0.1) is 0 Å². The summed E-state index contributed by atoms with van der Waals surface area (Å²) in [7, 11) is 0. The molecule has 0 heterocycles. The van der Waals surface area contributed by atoms with Crippen molar-refractivity contribution < 1.29 is 10.2 Å². The Hall–Kier alpha value is -1.12. The largest absolute Gasteiger partial charge is 0.386 e. The molecule has 0 bridgehead atoms. The monoisotopic (exact) mass is 220 g/mol. The number of hydrogen-bond acceptors (Lipinski definition) is 2. The summed E-state index contributed by atoms with van der Waals surface area (Å²) in [6.45, 7) is 9.04. The van der Waals surface area contributed by atoms with Gasteiger partial charge in [-0.3, -0.25) is 0 Å². The summed E-state index contributed by atoms with van der Waals surface area (Å²) in [4.78, 5) is 0. The summed E-state index contributed by atoms with van der Waals surface area (Å²) in [5.74, 6) is 0. The molecule has 2 N–H and O–H groups in total. The average Bonchev–Trinajstić information content (AvgIpc) is 2.29. The van der Waals surface area contributed by atoms with Crippen molar-refractivity contribution in [2.75, 3.05) is 0 Å². The van der Waals surface area contributed by atoms with E-state index in [1.807, 2.05) is 32.0 Å². The van der Waals surface area contributed by atoms with Crippen molar-refractivity contribution in [2.24, 2.45) is 5.41 Å². The molecule has 0 aliphatic carbocycles. The van der Waals surface area contributed by atoms with Gasteiger partial charge in [0.25, 0.3) is 0 Å². The van der Waals surface area contributed by atoms with E-state index in [0.29, 0.717) is 5.56 Å². The van der Waals surface area contributed by atoms with Crippen molar-refractivity contribution in [3.05, 3.63) is 48.6 Å². The van der Waals surface area contributed by atoms with Crippen LogP contribution in [0.3, 0.4) is 0 Å². The molecule has 2 heteroatoms. The average molecular weight is 220 g/mol. The summed E-state index contributed by atoms with van der Waals surface area (Å²) in [6, 6.07) is 9.17. The molecule has 2 nitrogen and oxygen atoms in total. The molecule has 0 aromatic heterocycles. The Kier molecular flexibility index (Phi) is 3.56. The van der Waals surface area contributed by atoms with E-state index >= 15 is 0 Å². The standard InChI is InChI=1S/C14H20O2/c1-5-13(2,3)14(4,16)12(15)11-9-7-6-8-10-11/h5-10,12,15-16H,1H2,2-4H3/t12-,14-/m1/s1. The molecule has 1 rings (SSSR count). The summed E-state index contributed by atoms with van der Waals surface area (Å²) < 4.78 is 0. The zero-order chi connectivity index (χ0) is 12.4. The van der Waals surface area contributed by atoms with Gasteiger partial charge in [-0.2, -0.15) is 0 Å². The van der Waals surface area contributed by atoms with Crippen LogP contribution in [0, 0.1) is 5.41 Å². The van der Waals surface area contributed by atoms with Crippen molar-refractivity contribution >= 4 is 0 Å². The van der Waals surface area contributed by atoms with Crippen LogP contribution in [0.2, 0.25) is 0 Å². The Bertz CT molecular complexity index is 352. The van der Waals surface area contributed by atoms with E-state index in [-0.39, 0.29) is 0 Å². The fourth-order valence-corrected chi connectivity index (χ4v) is 1.52. The first kappa shape index (κ1) is 12.9. The minimum absolute atomic E-state index is 0.567. The van der Waals surface area contributed by atoms with Crippen molar-refractivity contribution in [3.63, 3.8) is 0 Å². The third-order valence-corrected chi connectivity index (χ3v) is 3.46. The van der Waals surface area contributed by atoms with Crippen LogP contribution in [0.4, 0.5) is 0 Å². The maximum absolute atomic E-state index is 10.4. The van der Waals surface area contributed by atoms with E-state index < -0.39 is 17.1 Å². The van der Waals surface area contributed by atoms with Gasteiger partial charge in [-0.15, -0.1) is 6.58 Å². The number of benzene rings is 1. The molecular weight excluding hydrogens is 200 g/mol. The number of hydrogen-bond donors (Lipinski definition) is 2. The molecule has 0 aliphatic heterocycles. The summed E-state index contributed by atoms with van der Waals surface area (Å²) in [5, 5.41) is 20.7. The van der Waals surface area contributed by atoms with Crippen LogP contribution in [-0.2, 0) is 0 Å². The Morgan fingerprint density at radius 1 is 1.19 bits per heavy atom. The van der Waals surface area contributed by atoms with E-state index in [0.717, 1.165) is 0 Å². The van der Waals surface area contributed by atoms with Crippen molar-refractivity contribution in [3.8, 4) is 0 Å². The number of rotatable bonds is 4. The second-order valence-electron chi connectivity index (χ2n) is 4.89. The minimum Gasteiger partial charge on any atom is -0.386 e. The lowest BCUT2D eigenvalue weighted by Gasteiger charge is -2.41. The summed E-state index contributed by atoms with van der Waals surface area (Å²) in [6.07, 6.45) is 0.737. The Labute approximate surface area is 97.2 Å². The smallest absolute Gasteiger partial charge is 0.108 e. The first-order valence-electron chi connectivity index (χ1n) is 5.42. The topological polar surface area (TPSA) is 40.5 Å². The molecule has 1 aromatic carbocycles. The van der Waals surface area contributed by atoms with E-state index in [9.17, 15) is 10.2 Å². The third-order valence-electron chi connectivity index (χ3n) is 3.46. The lowest BCUT2D eigenvalue weighted by atomic mass is 9.71. The quantitative estimate of drug-likeness (QED) is 0.766. The highest BCUT2D eigenvalue weighted by Gasteiger charge is 2.43. The normalized spacial score (nSPS) is 17.6. The predicted octanol–water partition coefficient (Wildman–Crippen LogP) is 2.68. The number of aliphatic hydroxyl groups is 2. The molecular formula is C14H20O2. The van der Waals surface area contributed by atoms with E-state index in [1.54, 1.807) is 25.1 Å². The first-order chi connectivity index (χ1) is 7.33. The summed E-state index contributed by atoms with van der Waals surface area (Å²) in [5.41, 5.74) is -1.11. The maximum Gasteiger partial charge on any atom is 0.108 e. The van der Waals surface area contributed by atoms with Gasteiger partial charge in [0.1, 0.15) is 11.7 Å². The van der Waals surface area contributed by atoms with Gasteiger partial charge < -0.3 is 10.2 Å². The van der Waals surface area contributed by atoms with Crippen molar-refractivity contribution in [2.45, 2.75) is 32.5 Å². The lowest BCUT2D eigenvalue weighted by Crippen LogP contribution is -2.45. The van der Waals surface area contributed by atoms with Crippen LogP contribution < -0.4 is 0 Å². The van der Waals surface area contributed by atoms with Crippen molar-refractivity contribution in [1.29, 1.82) is 0 Å². The molecule has 0 spiro atoms. The molecule has 16 heavy (non-hydrogen) atoms. The highest BCUT2D eigenvalue weighted by molar-refractivity contribution is 5.22. The Balaban J connectivity index is 3.06. The zero-order valence-corrected chi connectivity index (χ0v) is 10.1. The highest BCUT2D eigenvalue weighted by atomic mass is 16.3. The van der Waals surface area contributed by atoms with E-state index in [1.165, 1.54) is 0 Å². The summed E-state index contributed by atoms with van der Waals surface area (Å²) >= 11 is 0. The van der Waals surface area contributed by atoms with Crippen LogP contribution in [0.1, 0.15) is 32.4 Å².